The third-order valence-corrected chi connectivity index (χ3v) is 4.85. The van der Waals surface area contributed by atoms with Gasteiger partial charge in [-0.25, -0.2) is 4.68 Å². The van der Waals surface area contributed by atoms with Crippen LogP contribution in [0.1, 0.15) is 30.2 Å². The normalized spacial score (nSPS) is 17.5. The number of ether oxygens (including phenoxy) is 1. The van der Waals surface area contributed by atoms with Gasteiger partial charge < -0.3 is 15.0 Å². The number of hydrogen-bond donors (Lipinski definition) is 1. The van der Waals surface area contributed by atoms with Gasteiger partial charge in [0, 0.05) is 38.4 Å². The highest BCUT2D eigenvalue weighted by atomic mass is 16.5. The third-order valence-electron chi connectivity index (χ3n) is 4.85. The summed E-state index contributed by atoms with van der Waals surface area (Å²) in [5.74, 6) is 0.868. The van der Waals surface area contributed by atoms with Crippen molar-refractivity contribution in [2.45, 2.75) is 39.3 Å². The van der Waals surface area contributed by atoms with Crippen LogP contribution >= 0.6 is 0 Å². The van der Waals surface area contributed by atoms with E-state index in [2.05, 4.69) is 53.4 Å². The molecule has 2 heterocycles. The summed E-state index contributed by atoms with van der Waals surface area (Å²) in [4.78, 5) is 2.46. The Hall–Kier alpha value is -2.01. The number of hydrogen-bond acceptors (Lipinski definition) is 4. The van der Waals surface area contributed by atoms with Gasteiger partial charge in [-0.2, -0.15) is 5.10 Å². The van der Waals surface area contributed by atoms with Crippen LogP contribution < -0.4 is 15.0 Å². The minimum absolute atomic E-state index is 0.501. The summed E-state index contributed by atoms with van der Waals surface area (Å²) in [6, 6.07) is 9.31. The Kier molecular flexibility index (Phi) is 5.09. The maximum absolute atomic E-state index is 5.53. The second-order valence-electron chi connectivity index (χ2n) is 6.56. The van der Waals surface area contributed by atoms with Crippen LogP contribution in [0.2, 0.25) is 0 Å². The lowest BCUT2D eigenvalue weighted by molar-refractivity contribution is 0.367. The molecule has 1 aromatic carbocycles. The van der Waals surface area contributed by atoms with E-state index >= 15 is 0 Å². The average Bonchev–Trinajstić information content (AvgIpc) is 3.17. The Balaban J connectivity index is 1.61. The third kappa shape index (κ3) is 3.41. The largest absolute Gasteiger partial charge is 0.481 e. The molecule has 1 aliphatic heterocycles. The molecule has 0 radical (unpaired) electrons. The van der Waals surface area contributed by atoms with Gasteiger partial charge in [0.25, 0.3) is 0 Å². The van der Waals surface area contributed by atoms with Crippen LogP contribution in [0, 0.1) is 6.92 Å². The minimum Gasteiger partial charge on any atom is -0.481 e. The molecule has 1 N–H and O–H groups in total. The molecule has 1 atom stereocenters. The van der Waals surface area contributed by atoms with Gasteiger partial charge in [-0.3, -0.25) is 0 Å². The van der Waals surface area contributed by atoms with Gasteiger partial charge in [0.05, 0.1) is 18.4 Å². The Labute approximate surface area is 144 Å². The first-order valence-corrected chi connectivity index (χ1v) is 8.76. The van der Waals surface area contributed by atoms with E-state index in [0.29, 0.717) is 6.04 Å². The standard InChI is InChI=1S/C19H28N4O/c1-5-18-17(19(24-4)22(3)21-18)12-20-15-10-11-23(13-15)16-8-6-14(2)7-9-16/h6-9,15,20H,5,10-13H2,1-4H3. The lowest BCUT2D eigenvalue weighted by atomic mass is 10.2. The van der Waals surface area contributed by atoms with Crippen LogP contribution in [0.3, 0.4) is 0 Å². The predicted octanol–water partition coefficient (Wildman–Crippen LogP) is 2.67. The molecule has 24 heavy (non-hydrogen) atoms. The van der Waals surface area contributed by atoms with Crippen LogP contribution in [-0.2, 0) is 20.0 Å². The van der Waals surface area contributed by atoms with E-state index in [4.69, 9.17) is 4.74 Å². The quantitative estimate of drug-likeness (QED) is 0.885. The molecule has 1 aliphatic rings. The summed E-state index contributed by atoms with van der Waals surface area (Å²) in [5, 5.41) is 8.25. The zero-order chi connectivity index (χ0) is 17.1. The fourth-order valence-corrected chi connectivity index (χ4v) is 3.49. The maximum Gasteiger partial charge on any atom is 0.216 e. The van der Waals surface area contributed by atoms with Crippen LogP contribution in [0.5, 0.6) is 5.88 Å². The predicted molar refractivity (Wildman–Crippen MR) is 97.8 cm³/mol. The van der Waals surface area contributed by atoms with E-state index in [0.717, 1.165) is 44.0 Å². The summed E-state index contributed by atoms with van der Waals surface area (Å²) in [7, 11) is 3.66. The number of benzene rings is 1. The Morgan fingerprint density at radius 1 is 1.29 bits per heavy atom. The molecule has 1 fully saturated rings. The van der Waals surface area contributed by atoms with Crippen molar-refractivity contribution in [2.75, 3.05) is 25.1 Å². The van der Waals surface area contributed by atoms with Crippen molar-refractivity contribution in [3.05, 3.63) is 41.1 Å². The first kappa shape index (κ1) is 16.8. The minimum atomic E-state index is 0.501. The summed E-state index contributed by atoms with van der Waals surface area (Å²) in [6.45, 7) is 7.23. The Bertz CT molecular complexity index is 677. The van der Waals surface area contributed by atoms with E-state index in [9.17, 15) is 0 Å². The van der Waals surface area contributed by atoms with E-state index < -0.39 is 0 Å². The smallest absolute Gasteiger partial charge is 0.216 e. The maximum atomic E-state index is 5.53. The van der Waals surface area contributed by atoms with Crippen molar-refractivity contribution in [1.29, 1.82) is 0 Å². The lowest BCUT2D eigenvalue weighted by Gasteiger charge is -2.19. The zero-order valence-corrected chi connectivity index (χ0v) is 15.2. The van der Waals surface area contributed by atoms with Gasteiger partial charge in [-0.1, -0.05) is 24.6 Å². The number of rotatable bonds is 6. The number of nitrogens with one attached hydrogen (secondary N) is 1. The van der Waals surface area contributed by atoms with Gasteiger partial charge in [-0.15, -0.1) is 0 Å². The monoisotopic (exact) mass is 328 g/mol. The van der Waals surface area contributed by atoms with Gasteiger partial charge in [0.1, 0.15) is 0 Å². The first-order chi connectivity index (χ1) is 11.6. The van der Waals surface area contributed by atoms with Gasteiger partial charge >= 0.3 is 0 Å². The molecule has 3 rings (SSSR count). The van der Waals surface area contributed by atoms with Crippen LogP contribution in [0.15, 0.2) is 24.3 Å². The van der Waals surface area contributed by atoms with Crippen LogP contribution in [-0.4, -0.2) is 36.0 Å². The van der Waals surface area contributed by atoms with Crippen molar-refractivity contribution in [1.82, 2.24) is 15.1 Å². The number of methoxy groups -OCH3 is 1. The number of aryl methyl sites for hydroxylation is 3. The van der Waals surface area contributed by atoms with E-state index in [-0.39, 0.29) is 0 Å². The molecule has 1 aromatic heterocycles. The summed E-state index contributed by atoms with van der Waals surface area (Å²) in [6.07, 6.45) is 2.09. The molecule has 0 spiro atoms. The Morgan fingerprint density at radius 2 is 2.04 bits per heavy atom. The molecule has 0 saturated carbocycles. The van der Waals surface area contributed by atoms with Gasteiger partial charge in [0.15, 0.2) is 0 Å². The first-order valence-electron chi connectivity index (χ1n) is 8.76. The summed E-state index contributed by atoms with van der Waals surface area (Å²) in [5.41, 5.74) is 4.94. The van der Waals surface area contributed by atoms with Crippen LogP contribution in [0.25, 0.3) is 0 Å². The molecular weight excluding hydrogens is 300 g/mol. The zero-order valence-electron chi connectivity index (χ0n) is 15.2. The molecule has 2 aromatic rings. The van der Waals surface area contributed by atoms with Crippen molar-refractivity contribution in [3.8, 4) is 5.88 Å². The highest BCUT2D eigenvalue weighted by Crippen LogP contribution is 2.24. The molecule has 1 saturated heterocycles. The van der Waals surface area contributed by atoms with Crippen molar-refractivity contribution >= 4 is 5.69 Å². The SMILES string of the molecule is CCc1nn(C)c(OC)c1CNC1CCN(c2ccc(C)cc2)C1. The average molecular weight is 328 g/mol. The van der Waals surface area contributed by atoms with Crippen molar-refractivity contribution in [2.24, 2.45) is 7.05 Å². The van der Waals surface area contributed by atoms with E-state index in [1.807, 2.05) is 11.7 Å². The van der Waals surface area contributed by atoms with Gasteiger partial charge in [-0.05, 0) is 31.9 Å². The number of aromatic nitrogens is 2. The molecule has 0 aliphatic carbocycles. The van der Waals surface area contributed by atoms with E-state index in [1.165, 1.54) is 16.8 Å². The van der Waals surface area contributed by atoms with Gasteiger partial charge in [0.2, 0.25) is 5.88 Å². The van der Waals surface area contributed by atoms with Crippen LogP contribution in [0.4, 0.5) is 5.69 Å². The topological polar surface area (TPSA) is 42.3 Å². The highest BCUT2D eigenvalue weighted by molar-refractivity contribution is 5.48. The number of nitrogens with zero attached hydrogens (tertiary/aromatic N) is 3. The molecule has 1 unspecified atom stereocenters. The van der Waals surface area contributed by atoms with E-state index in [1.54, 1.807) is 7.11 Å². The Morgan fingerprint density at radius 3 is 2.71 bits per heavy atom. The second kappa shape index (κ2) is 7.26. The summed E-state index contributed by atoms with van der Waals surface area (Å²) < 4.78 is 7.36. The molecule has 5 nitrogen and oxygen atoms in total. The molecule has 130 valence electrons. The fourth-order valence-electron chi connectivity index (χ4n) is 3.49. The van der Waals surface area contributed by atoms with Crippen molar-refractivity contribution in [3.63, 3.8) is 0 Å². The fraction of sp³-hybridized carbons (Fsp3) is 0.526. The molecule has 5 heteroatoms. The summed E-state index contributed by atoms with van der Waals surface area (Å²) >= 11 is 0. The highest BCUT2D eigenvalue weighted by Gasteiger charge is 2.24. The lowest BCUT2D eigenvalue weighted by Crippen LogP contribution is -2.32. The molecule has 0 amide bonds. The molecule has 0 bridgehead atoms. The second-order valence-corrected chi connectivity index (χ2v) is 6.56. The van der Waals surface area contributed by atoms with Crippen molar-refractivity contribution < 1.29 is 4.74 Å². The molecular formula is C19H28N4O. The number of anilines is 1.